The van der Waals surface area contributed by atoms with Gasteiger partial charge in [0.25, 0.3) is 0 Å². The topological polar surface area (TPSA) is 56.6 Å². The number of nitrogens with zero attached hydrogens (tertiary/aromatic N) is 3. The first-order valence-corrected chi connectivity index (χ1v) is 7.83. The summed E-state index contributed by atoms with van der Waals surface area (Å²) in [6.07, 6.45) is 4.78. The lowest BCUT2D eigenvalue weighted by Crippen LogP contribution is -2.42. The highest BCUT2D eigenvalue weighted by Crippen LogP contribution is 2.25. The number of hydrogen-bond donors (Lipinski definition) is 0. The van der Waals surface area contributed by atoms with Crippen molar-refractivity contribution in [3.8, 4) is 17.0 Å². The van der Waals surface area contributed by atoms with Crippen molar-refractivity contribution >= 4 is 6.03 Å². The average molecular weight is 333 g/mol. The van der Waals surface area contributed by atoms with E-state index in [1.54, 1.807) is 30.3 Å². The van der Waals surface area contributed by atoms with Crippen molar-refractivity contribution in [1.82, 2.24) is 14.5 Å². The Morgan fingerprint density at radius 1 is 1.42 bits per heavy atom. The van der Waals surface area contributed by atoms with Crippen LogP contribution in [0.4, 0.5) is 9.18 Å². The van der Waals surface area contributed by atoms with Crippen LogP contribution in [0, 0.1) is 5.82 Å². The number of amides is 1. The molecule has 0 spiro atoms. The minimum absolute atomic E-state index is 0.144. The molecule has 0 N–H and O–H groups in total. The maximum Gasteiger partial charge on any atom is 0.329 e. The van der Waals surface area contributed by atoms with Crippen LogP contribution in [-0.4, -0.2) is 53.9 Å². The lowest BCUT2D eigenvalue weighted by atomic mass is 10.1. The number of carbonyl (C=O) groups excluding carboxylic acids is 1. The van der Waals surface area contributed by atoms with E-state index in [9.17, 15) is 9.18 Å². The highest BCUT2D eigenvalue weighted by molar-refractivity contribution is 5.78. The predicted molar refractivity (Wildman–Crippen MR) is 86.6 cm³/mol. The molecule has 0 radical (unpaired) electrons. The summed E-state index contributed by atoms with van der Waals surface area (Å²) in [6, 6.07) is 4.52. The van der Waals surface area contributed by atoms with Gasteiger partial charge in [0.1, 0.15) is 6.33 Å². The van der Waals surface area contributed by atoms with E-state index >= 15 is 0 Å². The van der Waals surface area contributed by atoms with Crippen LogP contribution in [-0.2, 0) is 4.74 Å². The highest BCUT2D eigenvalue weighted by atomic mass is 19.1. The average Bonchev–Trinajstić information content (AvgIpc) is 3.11. The molecule has 1 aromatic carbocycles. The smallest absolute Gasteiger partial charge is 0.329 e. The number of methoxy groups -OCH3 is 1. The molecule has 24 heavy (non-hydrogen) atoms. The van der Waals surface area contributed by atoms with Gasteiger partial charge in [-0.05, 0) is 31.0 Å². The first-order valence-electron chi connectivity index (χ1n) is 7.83. The molecule has 6 nitrogen and oxygen atoms in total. The second kappa shape index (κ2) is 7.00. The molecule has 0 unspecified atom stereocenters. The van der Waals surface area contributed by atoms with Gasteiger partial charge in [0.05, 0.1) is 12.8 Å². The Morgan fingerprint density at radius 3 is 2.88 bits per heavy atom. The number of aromatic nitrogens is 2. The molecule has 1 saturated heterocycles. The van der Waals surface area contributed by atoms with Crippen LogP contribution in [0.5, 0.6) is 5.75 Å². The molecule has 0 atom stereocenters. The van der Waals surface area contributed by atoms with Gasteiger partial charge in [0, 0.05) is 38.1 Å². The Bertz CT molecular complexity index is 726. The van der Waals surface area contributed by atoms with E-state index < -0.39 is 5.82 Å². The molecule has 7 heteroatoms. The lowest BCUT2D eigenvalue weighted by molar-refractivity contribution is 0.0528. The Labute approximate surface area is 139 Å². The second-order valence-electron chi connectivity index (χ2n) is 5.75. The summed E-state index contributed by atoms with van der Waals surface area (Å²) in [5.41, 5.74) is 1.27. The molecule has 1 aliphatic heterocycles. The van der Waals surface area contributed by atoms with Crippen LogP contribution >= 0.6 is 0 Å². The van der Waals surface area contributed by atoms with E-state index in [1.807, 2.05) is 0 Å². The summed E-state index contributed by atoms with van der Waals surface area (Å²) in [5, 5.41) is 0. The number of halogens is 1. The van der Waals surface area contributed by atoms with Crippen LogP contribution in [0.3, 0.4) is 0 Å². The van der Waals surface area contributed by atoms with Crippen LogP contribution in [0.25, 0.3) is 11.3 Å². The van der Waals surface area contributed by atoms with E-state index in [-0.39, 0.29) is 17.8 Å². The Kier molecular flexibility index (Phi) is 4.80. The zero-order chi connectivity index (χ0) is 17.1. The van der Waals surface area contributed by atoms with Gasteiger partial charge >= 0.3 is 6.03 Å². The fourth-order valence-electron chi connectivity index (χ4n) is 2.81. The van der Waals surface area contributed by atoms with E-state index in [0.717, 1.165) is 12.8 Å². The van der Waals surface area contributed by atoms with Crippen LogP contribution in [0.2, 0.25) is 0 Å². The fraction of sp³-hybridized carbons (Fsp3) is 0.412. The third kappa shape index (κ3) is 3.26. The quantitative estimate of drug-likeness (QED) is 0.867. The monoisotopic (exact) mass is 333 g/mol. The summed E-state index contributed by atoms with van der Waals surface area (Å²) >= 11 is 0. The Hall–Kier alpha value is -2.41. The van der Waals surface area contributed by atoms with Gasteiger partial charge in [-0.15, -0.1) is 0 Å². The van der Waals surface area contributed by atoms with Crippen LogP contribution < -0.4 is 4.74 Å². The SMILES string of the molecule is COc1cc(-c2cn(C(=O)N(C)C3CCOCC3)cn2)ccc1F. The predicted octanol–water partition coefficient (Wildman–Crippen LogP) is 2.78. The van der Waals surface area contributed by atoms with Crippen molar-refractivity contribution in [1.29, 1.82) is 0 Å². The first kappa shape index (κ1) is 16.4. The number of benzene rings is 1. The lowest BCUT2D eigenvalue weighted by Gasteiger charge is -2.30. The van der Waals surface area contributed by atoms with Crippen LogP contribution in [0.15, 0.2) is 30.7 Å². The Morgan fingerprint density at radius 2 is 2.17 bits per heavy atom. The van der Waals surface area contributed by atoms with Crippen molar-refractivity contribution in [3.05, 3.63) is 36.5 Å². The van der Waals surface area contributed by atoms with Crippen molar-refractivity contribution in [3.63, 3.8) is 0 Å². The van der Waals surface area contributed by atoms with Crippen molar-refractivity contribution in [2.24, 2.45) is 0 Å². The maximum atomic E-state index is 13.5. The molecule has 0 saturated carbocycles. The largest absolute Gasteiger partial charge is 0.494 e. The third-order valence-electron chi connectivity index (χ3n) is 4.29. The maximum absolute atomic E-state index is 13.5. The van der Waals surface area contributed by atoms with Gasteiger partial charge in [-0.2, -0.15) is 0 Å². The summed E-state index contributed by atoms with van der Waals surface area (Å²) in [4.78, 5) is 18.6. The molecule has 0 aliphatic carbocycles. The number of hydrogen-bond acceptors (Lipinski definition) is 4. The zero-order valence-corrected chi connectivity index (χ0v) is 13.7. The van der Waals surface area contributed by atoms with Crippen molar-refractivity contribution in [2.45, 2.75) is 18.9 Å². The van der Waals surface area contributed by atoms with Gasteiger partial charge < -0.3 is 14.4 Å². The second-order valence-corrected chi connectivity index (χ2v) is 5.75. The summed E-state index contributed by atoms with van der Waals surface area (Å²) in [5.74, 6) is -0.288. The molecule has 2 aromatic rings. The number of imidazole rings is 1. The van der Waals surface area contributed by atoms with E-state index in [0.29, 0.717) is 24.5 Å². The molecule has 3 rings (SSSR count). The molecular weight excluding hydrogens is 313 g/mol. The first-order chi connectivity index (χ1) is 11.6. The fourth-order valence-corrected chi connectivity index (χ4v) is 2.81. The van der Waals surface area contributed by atoms with Gasteiger partial charge in [-0.25, -0.2) is 14.2 Å². The molecular formula is C17H20FN3O3. The van der Waals surface area contributed by atoms with E-state index in [1.165, 1.54) is 24.1 Å². The summed E-state index contributed by atoms with van der Waals surface area (Å²) in [6.45, 7) is 1.35. The van der Waals surface area contributed by atoms with Gasteiger partial charge in [-0.3, -0.25) is 4.57 Å². The van der Waals surface area contributed by atoms with Crippen molar-refractivity contribution < 1.29 is 18.7 Å². The standard InChI is InChI=1S/C17H20FN3O3/c1-20(13-5-7-24-8-6-13)17(22)21-10-15(19-11-21)12-3-4-14(18)16(9-12)23-2/h3-4,9-11,13H,5-8H2,1-2H3. The minimum atomic E-state index is -0.434. The normalized spacial score (nSPS) is 15.3. The van der Waals surface area contributed by atoms with Crippen molar-refractivity contribution in [2.75, 3.05) is 27.4 Å². The number of carbonyl (C=O) groups is 1. The molecule has 2 heterocycles. The van der Waals surface area contributed by atoms with Gasteiger partial charge in [0.2, 0.25) is 0 Å². The van der Waals surface area contributed by atoms with Crippen LogP contribution in [0.1, 0.15) is 12.8 Å². The van der Waals surface area contributed by atoms with Gasteiger partial charge in [0.15, 0.2) is 11.6 Å². The van der Waals surface area contributed by atoms with Gasteiger partial charge in [-0.1, -0.05) is 0 Å². The highest BCUT2D eigenvalue weighted by Gasteiger charge is 2.23. The minimum Gasteiger partial charge on any atom is -0.494 e. The molecule has 1 amide bonds. The number of rotatable bonds is 3. The van der Waals surface area contributed by atoms with E-state index in [4.69, 9.17) is 9.47 Å². The summed E-state index contributed by atoms with van der Waals surface area (Å²) < 4.78 is 25.3. The molecule has 1 aromatic heterocycles. The molecule has 1 fully saturated rings. The summed E-state index contributed by atoms with van der Waals surface area (Å²) in [7, 11) is 3.20. The molecule has 0 bridgehead atoms. The van der Waals surface area contributed by atoms with E-state index in [2.05, 4.69) is 4.98 Å². The zero-order valence-electron chi connectivity index (χ0n) is 13.7. The number of ether oxygens (including phenoxy) is 2. The third-order valence-corrected chi connectivity index (χ3v) is 4.29. The Balaban J connectivity index is 1.78. The molecule has 1 aliphatic rings. The molecule has 128 valence electrons.